The molecule has 0 saturated heterocycles. The van der Waals surface area contributed by atoms with Crippen LogP contribution in [0.1, 0.15) is 17.3 Å². The first-order chi connectivity index (χ1) is 8.06. The van der Waals surface area contributed by atoms with E-state index >= 15 is 0 Å². The highest BCUT2D eigenvalue weighted by Crippen LogP contribution is 2.24. The van der Waals surface area contributed by atoms with Gasteiger partial charge in [0, 0.05) is 13.1 Å². The van der Waals surface area contributed by atoms with Gasteiger partial charge < -0.3 is 10.6 Å². The summed E-state index contributed by atoms with van der Waals surface area (Å²) in [5.41, 5.74) is 0.0880. The van der Waals surface area contributed by atoms with Crippen molar-refractivity contribution in [3.63, 3.8) is 0 Å². The molecule has 0 unspecified atom stereocenters. The Kier molecular flexibility index (Phi) is 5.68. The SMILES string of the molecule is CCNCCNC(=O)c1cc(F)c(Cl)cc1Cl. The first-order valence-electron chi connectivity index (χ1n) is 5.19. The van der Waals surface area contributed by atoms with Crippen LogP contribution in [0.25, 0.3) is 0 Å². The Labute approximate surface area is 109 Å². The fraction of sp³-hybridized carbons (Fsp3) is 0.364. The van der Waals surface area contributed by atoms with E-state index in [1.165, 1.54) is 6.07 Å². The van der Waals surface area contributed by atoms with E-state index in [1.807, 2.05) is 6.92 Å². The number of hydrogen-bond donors (Lipinski definition) is 2. The number of benzene rings is 1. The van der Waals surface area contributed by atoms with Crippen LogP contribution >= 0.6 is 23.2 Å². The zero-order valence-electron chi connectivity index (χ0n) is 9.32. The maximum atomic E-state index is 13.2. The number of rotatable bonds is 5. The van der Waals surface area contributed by atoms with Crippen molar-refractivity contribution >= 4 is 29.1 Å². The molecule has 0 spiro atoms. The standard InChI is InChI=1S/C11H13Cl2FN2O/c1-2-15-3-4-16-11(17)7-5-10(14)9(13)6-8(7)12/h5-6,15H,2-4H2,1H3,(H,16,17). The van der Waals surface area contributed by atoms with Crippen molar-refractivity contribution in [3.8, 4) is 0 Å². The minimum absolute atomic E-state index is 0.0880. The highest BCUT2D eigenvalue weighted by molar-refractivity contribution is 6.36. The van der Waals surface area contributed by atoms with E-state index in [9.17, 15) is 9.18 Å². The Balaban J connectivity index is 2.66. The molecule has 1 amide bonds. The number of amides is 1. The normalized spacial score (nSPS) is 10.4. The second-order valence-corrected chi connectivity index (χ2v) is 4.17. The Morgan fingerprint density at radius 1 is 1.29 bits per heavy atom. The van der Waals surface area contributed by atoms with Gasteiger partial charge in [-0.3, -0.25) is 4.79 Å². The van der Waals surface area contributed by atoms with Gasteiger partial charge in [0.1, 0.15) is 5.82 Å². The second-order valence-electron chi connectivity index (χ2n) is 3.36. The molecule has 0 aliphatic carbocycles. The van der Waals surface area contributed by atoms with Crippen LogP contribution in [0.2, 0.25) is 10.0 Å². The molecule has 0 radical (unpaired) electrons. The predicted molar refractivity (Wildman–Crippen MR) is 67.3 cm³/mol. The third-order valence-electron chi connectivity index (χ3n) is 2.09. The summed E-state index contributed by atoms with van der Waals surface area (Å²) in [6.45, 7) is 3.89. The Morgan fingerprint density at radius 2 is 2.00 bits per heavy atom. The molecule has 1 rings (SSSR count). The largest absolute Gasteiger partial charge is 0.351 e. The van der Waals surface area contributed by atoms with Crippen LogP contribution in [0.15, 0.2) is 12.1 Å². The lowest BCUT2D eigenvalue weighted by Crippen LogP contribution is -2.31. The Morgan fingerprint density at radius 3 is 2.65 bits per heavy atom. The van der Waals surface area contributed by atoms with Crippen LogP contribution in [0.5, 0.6) is 0 Å². The smallest absolute Gasteiger partial charge is 0.252 e. The van der Waals surface area contributed by atoms with E-state index in [-0.39, 0.29) is 15.6 Å². The fourth-order valence-electron chi connectivity index (χ4n) is 1.23. The molecule has 0 heterocycles. The monoisotopic (exact) mass is 278 g/mol. The van der Waals surface area contributed by atoms with E-state index in [1.54, 1.807) is 0 Å². The van der Waals surface area contributed by atoms with Gasteiger partial charge in [-0.1, -0.05) is 30.1 Å². The van der Waals surface area contributed by atoms with Crippen molar-refractivity contribution in [2.45, 2.75) is 6.92 Å². The molecule has 0 atom stereocenters. The minimum Gasteiger partial charge on any atom is -0.351 e. The first-order valence-corrected chi connectivity index (χ1v) is 5.95. The van der Waals surface area contributed by atoms with Gasteiger partial charge >= 0.3 is 0 Å². The summed E-state index contributed by atoms with van der Waals surface area (Å²) < 4.78 is 13.2. The maximum Gasteiger partial charge on any atom is 0.252 e. The molecule has 17 heavy (non-hydrogen) atoms. The second kappa shape index (κ2) is 6.79. The van der Waals surface area contributed by atoms with Crippen LogP contribution in [-0.4, -0.2) is 25.5 Å². The Hall–Kier alpha value is -0.840. The van der Waals surface area contributed by atoms with Crippen molar-refractivity contribution in [2.24, 2.45) is 0 Å². The number of likely N-dealkylation sites (N-methyl/N-ethyl adjacent to an activating group) is 1. The van der Waals surface area contributed by atoms with Crippen LogP contribution in [0, 0.1) is 5.82 Å². The maximum absolute atomic E-state index is 13.2. The molecule has 94 valence electrons. The van der Waals surface area contributed by atoms with Gasteiger partial charge in [0.15, 0.2) is 0 Å². The zero-order valence-corrected chi connectivity index (χ0v) is 10.8. The van der Waals surface area contributed by atoms with Gasteiger partial charge in [-0.2, -0.15) is 0 Å². The van der Waals surface area contributed by atoms with E-state index < -0.39 is 11.7 Å². The topological polar surface area (TPSA) is 41.1 Å². The van der Waals surface area contributed by atoms with Crippen molar-refractivity contribution in [1.82, 2.24) is 10.6 Å². The van der Waals surface area contributed by atoms with Gasteiger partial charge in [0.25, 0.3) is 5.91 Å². The number of carbonyl (C=O) groups excluding carboxylic acids is 1. The molecule has 2 N–H and O–H groups in total. The third kappa shape index (κ3) is 4.15. The van der Waals surface area contributed by atoms with E-state index in [0.717, 1.165) is 12.6 Å². The van der Waals surface area contributed by atoms with E-state index in [4.69, 9.17) is 23.2 Å². The Bertz CT molecular complexity index is 413. The lowest BCUT2D eigenvalue weighted by atomic mass is 10.2. The molecule has 0 aromatic heterocycles. The van der Waals surface area contributed by atoms with Crippen LogP contribution in [-0.2, 0) is 0 Å². The highest BCUT2D eigenvalue weighted by Gasteiger charge is 2.13. The zero-order chi connectivity index (χ0) is 12.8. The quantitative estimate of drug-likeness (QED) is 0.642. The van der Waals surface area contributed by atoms with Crippen LogP contribution in [0.4, 0.5) is 4.39 Å². The van der Waals surface area contributed by atoms with Gasteiger partial charge in [0.2, 0.25) is 0 Å². The van der Waals surface area contributed by atoms with Crippen molar-refractivity contribution in [3.05, 3.63) is 33.6 Å². The molecular formula is C11H13Cl2FN2O. The van der Waals surface area contributed by atoms with Gasteiger partial charge in [-0.25, -0.2) is 4.39 Å². The van der Waals surface area contributed by atoms with Gasteiger partial charge in [-0.05, 0) is 18.7 Å². The summed E-state index contributed by atoms with van der Waals surface area (Å²) in [5, 5.41) is 5.71. The van der Waals surface area contributed by atoms with Gasteiger partial charge in [0.05, 0.1) is 15.6 Å². The molecule has 3 nitrogen and oxygen atoms in total. The van der Waals surface area contributed by atoms with Crippen molar-refractivity contribution in [1.29, 1.82) is 0 Å². The van der Waals surface area contributed by atoms with Crippen molar-refractivity contribution < 1.29 is 9.18 Å². The van der Waals surface area contributed by atoms with E-state index in [2.05, 4.69) is 10.6 Å². The van der Waals surface area contributed by atoms with Crippen LogP contribution < -0.4 is 10.6 Å². The summed E-state index contributed by atoms with van der Waals surface area (Å²) in [5.74, 6) is -1.07. The summed E-state index contributed by atoms with van der Waals surface area (Å²) in [4.78, 5) is 11.7. The number of nitrogens with one attached hydrogen (secondary N) is 2. The average Bonchev–Trinajstić information content (AvgIpc) is 2.29. The van der Waals surface area contributed by atoms with Crippen molar-refractivity contribution in [2.75, 3.05) is 19.6 Å². The number of hydrogen-bond acceptors (Lipinski definition) is 2. The highest BCUT2D eigenvalue weighted by atomic mass is 35.5. The molecule has 0 fully saturated rings. The molecule has 0 aliphatic rings. The molecule has 6 heteroatoms. The average molecular weight is 279 g/mol. The molecule has 1 aromatic carbocycles. The minimum atomic E-state index is -0.659. The summed E-state index contributed by atoms with van der Waals surface area (Å²) >= 11 is 11.3. The molecule has 1 aromatic rings. The molecule has 0 aliphatic heterocycles. The number of halogens is 3. The van der Waals surface area contributed by atoms with E-state index in [0.29, 0.717) is 13.1 Å². The molecule has 0 bridgehead atoms. The summed E-state index contributed by atoms with van der Waals surface area (Å²) in [7, 11) is 0. The predicted octanol–water partition coefficient (Wildman–Crippen LogP) is 2.47. The van der Waals surface area contributed by atoms with Crippen LogP contribution in [0.3, 0.4) is 0 Å². The first kappa shape index (κ1) is 14.2. The lowest BCUT2D eigenvalue weighted by molar-refractivity contribution is 0.0953. The fourth-order valence-corrected chi connectivity index (χ4v) is 1.70. The number of carbonyl (C=O) groups is 1. The lowest BCUT2D eigenvalue weighted by Gasteiger charge is -2.07. The third-order valence-corrected chi connectivity index (χ3v) is 2.69. The summed E-state index contributed by atoms with van der Waals surface area (Å²) in [6, 6.07) is 2.25. The molecule has 0 saturated carbocycles. The summed E-state index contributed by atoms with van der Waals surface area (Å²) in [6.07, 6.45) is 0. The van der Waals surface area contributed by atoms with Gasteiger partial charge in [-0.15, -0.1) is 0 Å². The molecular weight excluding hydrogens is 266 g/mol.